The third kappa shape index (κ3) is 7.94. The van der Waals surface area contributed by atoms with E-state index in [-0.39, 0.29) is 5.12 Å². The van der Waals surface area contributed by atoms with Gasteiger partial charge in [0.2, 0.25) is 0 Å². The number of hydrogen-bond acceptors (Lipinski definition) is 3. The fourth-order valence-electron chi connectivity index (χ4n) is 0.422. The van der Waals surface area contributed by atoms with Crippen molar-refractivity contribution < 1.29 is 4.79 Å². The van der Waals surface area contributed by atoms with Gasteiger partial charge in [0.05, 0.1) is 0 Å². The molecule has 54 valence electrons. The van der Waals surface area contributed by atoms with E-state index in [9.17, 15) is 4.79 Å². The number of nitrogens with two attached hydrogens (primary N) is 1. The normalized spacial score (nSPS) is 9.56. The summed E-state index contributed by atoms with van der Waals surface area (Å²) >= 11 is 3.59. The van der Waals surface area contributed by atoms with Crippen LogP contribution in [0.4, 0.5) is 0 Å². The molecule has 0 aromatic heterocycles. The van der Waals surface area contributed by atoms with Gasteiger partial charge in [0.25, 0.3) is 0 Å². The van der Waals surface area contributed by atoms with E-state index in [1.165, 1.54) is 0 Å². The van der Waals surface area contributed by atoms with Crippen LogP contribution in [0.1, 0.15) is 6.42 Å². The van der Waals surface area contributed by atoms with Crippen LogP contribution in [0.15, 0.2) is 0 Å². The highest BCUT2D eigenvalue weighted by Gasteiger charge is 1.90. The zero-order chi connectivity index (χ0) is 7.11. The monoisotopic (exact) mass is 148 g/mol. The van der Waals surface area contributed by atoms with Gasteiger partial charge in [0.1, 0.15) is 0 Å². The Hall–Kier alpha value is -0.0600. The van der Waals surface area contributed by atoms with Crippen molar-refractivity contribution in [1.82, 2.24) is 5.32 Å². The molecule has 0 aromatic rings. The Morgan fingerprint density at radius 1 is 1.56 bits per heavy atom. The molecule has 0 rings (SSSR count). The Bertz CT molecular complexity index is 87.0. The molecule has 0 saturated heterocycles. The summed E-state index contributed by atoms with van der Waals surface area (Å²) in [6.07, 6.45) is 0.475. The fourth-order valence-corrected chi connectivity index (χ4v) is 0.534. The lowest BCUT2D eigenvalue weighted by molar-refractivity contribution is -0.110. The molecular formula is C5H12N2OS. The van der Waals surface area contributed by atoms with Gasteiger partial charge in [-0.05, 0) is 0 Å². The molecule has 3 N–H and O–H groups in total. The Morgan fingerprint density at radius 2 is 2.22 bits per heavy atom. The standard InChI is InChI=1S/C5H12N2OS/c6-2-4-7-3-1-5(8)9/h7H,1-4,6H2,(H,8,9). The Kier molecular flexibility index (Phi) is 6.03. The van der Waals surface area contributed by atoms with Crippen molar-refractivity contribution in [2.75, 3.05) is 19.6 Å². The lowest BCUT2D eigenvalue weighted by Crippen LogP contribution is -2.24. The molecule has 0 amide bonds. The maximum Gasteiger partial charge on any atom is 0.187 e. The molecular weight excluding hydrogens is 136 g/mol. The summed E-state index contributed by atoms with van der Waals surface area (Å²) < 4.78 is 0. The zero-order valence-electron chi connectivity index (χ0n) is 5.26. The van der Waals surface area contributed by atoms with Crippen molar-refractivity contribution >= 4 is 17.7 Å². The molecule has 4 heteroatoms. The summed E-state index contributed by atoms with van der Waals surface area (Å²) in [6.45, 7) is 2.06. The van der Waals surface area contributed by atoms with Crippen molar-refractivity contribution in [2.45, 2.75) is 6.42 Å². The largest absolute Gasteiger partial charge is 0.329 e. The highest BCUT2D eigenvalue weighted by atomic mass is 32.1. The average molecular weight is 148 g/mol. The van der Waals surface area contributed by atoms with Crippen molar-refractivity contribution in [3.63, 3.8) is 0 Å². The van der Waals surface area contributed by atoms with Crippen molar-refractivity contribution in [2.24, 2.45) is 5.73 Å². The van der Waals surface area contributed by atoms with Gasteiger partial charge in [-0.25, -0.2) is 0 Å². The van der Waals surface area contributed by atoms with Crippen molar-refractivity contribution in [1.29, 1.82) is 0 Å². The molecule has 0 atom stereocenters. The lowest BCUT2D eigenvalue weighted by atomic mass is 10.4. The van der Waals surface area contributed by atoms with Crippen molar-refractivity contribution in [3.05, 3.63) is 0 Å². The van der Waals surface area contributed by atoms with Crippen LogP contribution in [0.25, 0.3) is 0 Å². The minimum absolute atomic E-state index is 0.0838. The summed E-state index contributed by atoms with van der Waals surface area (Å²) in [6, 6.07) is 0. The van der Waals surface area contributed by atoms with E-state index in [4.69, 9.17) is 5.73 Å². The van der Waals surface area contributed by atoms with Gasteiger partial charge < -0.3 is 11.1 Å². The van der Waals surface area contributed by atoms with E-state index in [1.54, 1.807) is 0 Å². The van der Waals surface area contributed by atoms with Crippen molar-refractivity contribution in [3.8, 4) is 0 Å². The lowest BCUT2D eigenvalue weighted by Gasteiger charge is -1.97. The molecule has 0 fully saturated rings. The molecule has 0 radical (unpaired) electrons. The van der Waals surface area contributed by atoms with Crippen LogP contribution in [0, 0.1) is 0 Å². The van der Waals surface area contributed by atoms with Crippen LogP contribution < -0.4 is 11.1 Å². The molecule has 0 aliphatic rings. The van der Waals surface area contributed by atoms with Gasteiger partial charge in [0.15, 0.2) is 5.12 Å². The highest BCUT2D eigenvalue weighted by Crippen LogP contribution is 1.83. The molecule has 0 heterocycles. The van der Waals surface area contributed by atoms with Crippen LogP contribution in [-0.2, 0) is 4.79 Å². The second-order valence-corrected chi connectivity index (χ2v) is 2.18. The van der Waals surface area contributed by atoms with Gasteiger partial charge in [-0.15, -0.1) is 12.6 Å². The number of carbonyl (C=O) groups is 1. The first kappa shape index (κ1) is 8.94. The molecule has 9 heavy (non-hydrogen) atoms. The Labute approximate surface area is 60.4 Å². The minimum Gasteiger partial charge on any atom is -0.329 e. The number of hydrogen-bond donors (Lipinski definition) is 3. The van der Waals surface area contributed by atoms with E-state index in [2.05, 4.69) is 17.9 Å². The van der Waals surface area contributed by atoms with Gasteiger partial charge in [0, 0.05) is 26.1 Å². The maximum absolute atomic E-state index is 10.2. The topological polar surface area (TPSA) is 55.1 Å². The first-order chi connectivity index (χ1) is 4.27. The third-order valence-electron chi connectivity index (χ3n) is 0.837. The molecule has 0 spiro atoms. The first-order valence-corrected chi connectivity index (χ1v) is 3.34. The average Bonchev–Trinajstić information content (AvgIpc) is 1.80. The molecule has 0 bridgehead atoms. The number of rotatable bonds is 5. The van der Waals surface area contributed by atoms with E-state index in [0.717, 1.165) is 6.54 Å². The summed E-state index contributed by atoms with van der Waals surface area (Å²) in [7, 11) is 0. The first-order valence-electron chi connectivity index (χ1n) is 2.90. The molecule has 0 aliphatic carbocycles. The van der Waals surface area contributed by atoms with Crippen LogP contribution >= 0.6 is 12.6 Å². The summed E-state index contributed by atoms with van der Waals surface area (Å²) in [5, 5.41) is 2.89. The SMILES string of the molecule is NCCNCCC(=O)S. The summed E-state index contributed by atoms with van der Waals surface area (Å²) in [5.74, 6) is 0. The smallest absolute Gasteiger partial charge is 0.187 e. The van der Waals surface area contributed by atoms with E-state index in [0.29, 0.717) is 19.5 Å². The Morgan fingerprint density at radius 3 is 2.67 bits per heavy atom. The predicted octanol–water partition coefficient (Wildman–Crippen LogP) is -0.619. The quantitative estimate of drug-likeness (QED) is 0.360. The maximum atomic E-state index is 10.2. The van der Waals surface area contributed by atoms with Crippen LogP contribution in [0.2, 0.25) is 0 Å². The Balaban J connectivity index is 2.83. The van der Waals surface area contributed by atoms with E-state index < -0.39 is 0 Å². The molecule has 0 unspecified atom stereocenters. The summed E-state index contributed by atoms with van der Waals surface area (Å²) in [5.41, 5.74) is 5.18. The second kappa shape index (κ2) is 6.07. The molecule has 3 nitrogen and oxygen atoms in total. The predicted molar refractivity (Wildman–Crippen MR) is 40.5 cm³/mol. The molecule has 0 saturated carbocycles. The van der Waals surface area contributed by atoms with Gasteiger partial charge in [-0.1, -0.05) is 0 Å². The van der Waals surface area contributed by atoms with E-state index >= 15 is 0 Å². The van der Waals surface area contributed by atoms with Gasteiger partial charge >= 0.3 is 0 Å². The fraction of sp³-hybridized carbons (Fsp3) is 0.800. The van der Waals surface area contributed by atoms with Crippen LogP contribution in [-0.4, -0.2) is 24.7 Å². The van der Waals surface area contributed by atoms with Crippen LogP contribution in [0.3, 0.4) is 0 Å². The molecule has 0 aliphatic heterocycles. The number of thiol groups is 1. The molecule has 0 aromatic carbocycles. The summed E-state index contributed by atoms with van der Waals surface area (Å²) in [4.78, 5) is 10.2. The minimum atomic E-state index is -0.0838. The number of carbonyl (C=O) groups excluding carboxylic acids is 1. The second-order valence-electron chi connectivity index (χ2n) is 1.68. The third-order valence-corrected chi connectivity index (χ3v) is 1.06. The highest BCUT2D eigenvalue weighted by molar-refractivity contribution is 7.96. The van der Waals surface area contributed by atoms with Gasteiger partial charge in [-0.3, -0.25) is 4.79 Å². The van der Waals surface area contributed by atoms with E-state index in [1.807, 2.05) is 0 Å². The number of nitrogens with one attached hydrogen (secondary N) is 1. The zero-order valence-corrected chi connectivity index (χ0v) is 6.16. The van der Waals surface area contributed by atoms with Crippen LogP contribution in [0.5, 0.6) is 0 Å². The van der Waals surface area contributed by atoms with Gasteiger partial charge in [-0.2, -0.15) is 0 Å².